The summed E-state index contributed by atoms with van der Waals surface area (Å²) in [4.78, 5) is 15.3. The number of carboxylic acids is 1. The van der Waals surface area contributed by atoms with Crippen molar-refractivity contribution >= 4 is 16.9 Å². The van der Waals surface area contributed by atoms with Crippen molar-refractivity contribution < 1.29 is 14.6 Å². The van der Waals surface area contributed by atoms with Crippen molar-refractivity contribution in [1.82, 2.24) is 4.98 Å². The third kappa shape index (κ3) is 1.58. The van der Waals surface area contributed by atoms with Gasteiger partial charge in [0.2, 0.25) is 0 Å². The van der Waals surface area contributed by atoms with Crippen molar-refractivity contribution in [2.24, 2.45) is 0 Å². The lowest BCUT2D eigenvalue weighted by atomic mass is 10.1. The molecule has 2 aromatic rings. The summed E-state index contributed by atoms with van der Waals surface area (Å²) in [6.45, 7) is 1.85. The van der Waals surface area contributed by atoms with E-state index in [-0.39, 0.29) is 5.56 Å². The molecular weight excluding hydrogens is 206 g/mol. The summed E-state index contributed by atoms with van der Waals surface area (Å²) in [5.41, 5.74) is 1.65. The van der Waals surface area contributed by atoms with Crippen LogP contribution in [-0.4, -0.2) is 23.2 Å². The SMILES string of the molecule is COc1ccc(C(=O)O)c2ccc(C)nc12. The van der Waals surface area contributed by atoms with Gasteiger partial charge in [0.25, 0.3) is 0 Å². The predicted octanol–water partition coefficient (Wildman–Crippen LogP) is 2.25. The fraction of sp³-hybridized carbons (Fsp3) is 0.167. The zero-order valence-corrected chi connectivity index (χ0v) is 9.02. The molecule has 0 atom stereocenters. The van der Waals surface area contributed by atoms with Gasteiger partial charge in [-0.3, -0.25) is 0 Å². The summed E-state index contributed by atoms with van der Waals surface area (Å²) in [5, 5.41) is 9.64. The van der Waals surface area contributed by atoms with E-state index in [9.17, 15) is 4.79 Å². The molecule has 4 nitrogen and oxygen atoms in total. The average Bonchev–Trinajstić information content (AvgIpc) is 2.27. The van der Waals surface area contributed by atoms with Crippen molar-refractivity contribution in [3.05, 3.63) is 35.5 Å². The number of hydrogen-bond acceptors (Lipinski definition) is 3. The zero-order chi connectivity index (χ0) is 11.7. The lowest BCUT2D eigenvalue weighted by Crippen LogP contribution is -2.00. The number of ether oxygens (including phenoxy) is 1. The molecule has 0 spiro atoms. The first-order valence-electron chi connectivity index (χ1n) is 4.81. The fourth-order valence-electron chi connectivity index (χ4n) is 1.64. The first kappa shape index (κ1) is 10.4. The molecule has 82 valence electrons. The summed E-state index contributed by atoms with van der Waals surface area (Å²) in [7, 11) is 1.54. The van der Waals surface area contributed by atoms with Gasteiger partial charge in [0, 0.05) is 11.1 Å². The van der Waals surface area contributed by atoms with E-state index >= 15 is 0 Å². The molecule has 0 aliphatic carbocycles. The van der Waals surface area contributed by atoms with Crippen LogP contribution in [-0.2, 0) is 0 Å². The molecule has 0 saturated carbocycles. The van der Waals surface area contributed by atoms with E-state index in [1.54, 1.807) is 25.3 Å². The van der Waals surface area contributed by atoms with Crippen molar-refractivity contribution in [1.29, 1.82) is 0 Å². The number of fused-ring (bicyclic) bond motifs is 1. The maximum absolute atomic E-state index is 11.0. The predicted molar refractivity (Wildman–Crippen MR) is 60.0 cm³/mol. The zero-order valence-electron chi connectivity index (χ0n) is 9.02. The van der Waals surface area contributed by atoms with Gasteiger partial charge in [0.15, 0.2) is 0 Å². The molecule has 0 aliphatic heterocycles. The molecule has 0 amide bonds. The van der Waals surface area contributed by atoms with Crippen molar-refractivity contribution in [2.75, 3.05) is 7.11 Å². The molecule has 16 heavy (non-hydrogen) atoms. The number of aryl methyl sites for hydroxylation is 1. The highest BCUT2D eigenvalue weighted by molar-refractivity contribution is 6.04. The summed E-state index contributed by atoms with van der Waals surface area (Å²) < 4.78 is 5.16. The van der Waals surface area contributed by atoms with Gasteiger partial charge in [-0.25, -0.2) is 9.78 Å². The number of methoxy groups -OCH3 is 1. The van der Waals surface area contributed by atoms with E-state index in [2.05, 4.69) is 4.98 Å². The smallest absolute Gasteiger partial charge is 0.336 e. The maximum Gasteiger partial charge on any atom is 0.336 e. The first-order chi connectivity index (χ1) is 7.63. The van der Waals surface area contributed by atoms with Gasteiger partial charge in [-0.05, 0) is 31.2 Å². The number of benzene rings is 1. The summed E-state index contributed by atoms with van der Waals surface area (Å²) in [6.07, 6.45) is 0. The normalized spacial score (nSPS) is 10.4. The van der Waals surface area contributed by atoms with Crippen LogP contribution >= 0.6 is 0 Å². The summed E-state index contributed by atoms with van der Waals surface area (Å²) >= 11 is 0. The Morgan fingerprint density at radius 2 is 2.06 bits per heavy atom. The van der Waals surface area contributed by atoms with Gasteiger partial charge in [0.05, 0.1) is 12.7 Å². The molecule has 1 aromatic carbocycles. The Bertz CT molecular complexity index is 563. The van der Waals surface area contributed by atoms with Crippen LogP contribution in [0.1, 0.15) is 16.1 Å². The summed E-state index contributed by atoms with van der Waals surface area (Å²) in [5.74, 6) is -0.373. The van der Waals surface area contributed by atoms with E-state index < -0.39 is 5.97 Å². The monoisotopic (exact) mass is 217 g/mol. The first-order valence-corrected chi connectivity index (χ1v) is 4.81. The topological polar surface area (TPSA) is 59.4 Å². The third-order valence-electron chi connectivity index (χ3n) is 2.41. The Labute approximate surface area is 92.5 Å². The lowest BCUT2D eigenvalue weighted by Gasteiger charge is -2.07. The molecule has 0 radical (unpaired) electrons. The number of carbonyl (C=O) groups is 1. The van der Waals surface area contributed by atoms with Crippen molar-refractivity contribution in [3.8, 4) is 5.75 Å². The van der Waals surface area contributed by atoms with E-state index in [4.69, 9.17) is 9.84 Å². The van der Waals surface area contributed by atoms with Gasteiger partial charge in [-0.15, -0.1) is 0 Å². The molecule has 1 aromatic heterocycles. The molecule has 1 N–H and O–H groups in total. The molecule has 0 saturated heterocycles. The highest BCUT2D eigenvalue weighted by atomic mass is 16.5. The standard InChI is InChI=1S/C12H11NO3/c1-7-3-4-8-9(12(14)15)5-6-10(16-2)11(8)13-7/h3-6H,1-2H3,(H,14,15). The highest BCUT2D eigenvalue weighted by Crippen LogP contribution is 2.27. The summed E-state index contributed by atoms with van der Waals surface area (Å²) in [6, 6.07) is 6.69. The number of pyridine rings is 1. The Morgan fingerprint density at radius 1 is 1.31 bits per heavy atom. The van der Waals surface area contributed by atoms with Crippen LogP contribution in [0.2, 0.25) is 0 Å². The minimum absolute atomic E-state index is 0.239. The van der Waals surface area contributed by atoms with Gasteiger partial charge in [0.1, 0.15) is 11.3 Å². The molecule has 0 bridgehead atoms. The Kier molecular flexibility index (Phi) is 2.48. The van der Waals surface area contributed by atoms with E-state index in [1.165, 1.54) is 6.07 Å². The molecule has 4 heteroatoms. The second-order valence-electron chi connectivity index (χ2n) is 3.47. The average molecular weight is 217 g/mol. The number of aromatic carboxylic acids is 1. The van der Waals surface area contributed by atoms with Crippen molar-refractivity contribution in [2.45, 2.75) is 6.92 Å². The van der Waals surface area contributed by atoms with Gasteiger partial charge >= 0.3 is 5.97 Å². The lowest BCUT2D eigenvalue weighted by molar-refractivity contribution is 0.0699. The quantitative estimate of drug-likeness (QED) is 0.838. The number of hydrogen-bond donors (Lipinski definition) is 1. The Morgan fingerprint density at radius 3 is 2.69 bits per heavy atom. The second kappa shape index (κ2) is 3.81. The molecular formula is C12H11NO3. The largest absolute Gasteiger partial charge is 0.494 e. The van der Waals surface area contributed by atoms with E-state index in [1.807, 2.05) is 6.92 Å². The van der Waals surface area contributed by atoms with Crippen LogP contribution in [0.5, 0.6) is 5.75 Å². The Hall–Kier alpha value is -2.10. The van der Waals surface area contributed by atoms with Crippen LogP contribution < -0.4 is 4.74 Å². The third-order valence-corrected chi connectivity index (χ3v) is 2.41. The molecule has 0 unspecified atom stereocenters. The molecule has 1 heterocycles. The van der Waals surface area contributed by atoms with E-state index in [0.29, 0.717) is 16.7 Å². The number of rotatable bonds is 2. The molecule has 0 aliphatic rings. The van der Waals surface area contributed by atoms with Gasteiger partial charge < -0.3 is 9.84 Å². The van der Waals surface area contributed by atoms with Gasteiger partial charge in [-0.1, -0.05) is 0 Å². The van der Waals surface area contributed by atoms with Crippen LogP contribution in [0.25, 0.3) is 10.9 Å². The van der Waals surface area contributed by atoms with E-state index in [0.717, 1.165) is 5.69 Å². The van der Waals surface area contributed by atoms with Crippen LogP contribution in [0.15, 0.2) is 24.3 Å². The second-order valence-corrected chi connectivity index (χ2v) is 3.47. The highest BCUT2D eigenvalue weighted by Gasteiger charge is 2.12. The van der Waals surface area contributed by atoms with Crippen LogP contribution in [0.3, 0.4) is 0 Å². The van der Waals surface area contributed by atoms with Gasteiger partial charge in [-0.2, -0.15) is 0 Å². The minimum atomic E-state index is -0.960. The van der Waals surface area contributed by atoms with Crippen LogP contribution in [0, 0.1) is 6.92 Å². The maximum atomic E-state index is 11.0. The Balaban J connectivity index is 2.85. The molecule has 0 fully saturated rings. The molecule has 2 rings (SSSR count). The number of nitrogens with zero attached hydrogens (tertiary/aromatic N) is 1. The fourth-order valence-corrected chi connectivity index (χ4v) is 1.64. The number of aromatic nitrogens is 1. The van der Waals surface area contributed by atoms with Crippen molar-refractivity contribution in [3.63, 3.8) is 0 Å². The van der Waals surface area contributed by atoms with Crippen LogP contribution in [0.4, 0.5) is 0 Å². The minimum Gasteiger partial charge on any atom is -0.494 e. The number of carboxylic acid groups (broad SMARTS) is 1.